The summed E-state index contributed by atoms with van der Waals surface area (Å²) in [6.07, 6.45) is 20.3. The molecule has 0 radical (unpaired) electrons. The van der Waals surface area contributed by atoms with Gasteiger partial charge >= 0.3 is 5.97 Å². The highest BCUT2D eigenvalue weighted by Crippen LogP contribution is 2.17. The van der Waals surface area contributed by atoms with Gasteiger partial charge in [-0.1, -0.05) is 84.5 Å². The van der Waals surface area contributed by atoms with Gasteiger partial charge in [-0.05, 0) is 38.5 Å². The lowest BCUT2D eigenvalue weighted by molar-refractivity contribution is -0.150. The second-order valence-corrected chi connectivity index (χ2v) is 8.00. The van der Waals surface area contributed by atoms with Crippen LogP contribution in [0.2, 0.25) is 0 Å². The first-order chi connectivity index (χ1) is 13.7. The highest BCUT2D eigenvalue weighted by molar-refractivity contribution is 5.69. The number of carbonyl (C=O) groups excluding carboxylic acids is 2. The van der Waals surface area contributed by atoms with Gasteiger partial charge in [0.05, 0.1) is 6.61 Å². The fourth-order valence-corrected chi connectivity index (χ4v) is 3.49. The minimum atomic E-state index is -0.0178. The average molecular weight is 399 g/mol. The molecule has 0 rings (SSSR count). The summed E-state index contributed by atoms with van der Waals surface area (Å²) < 4.78 is 10.5. The summed E-state index contributed by atoms with van der Waals surface area (Å²) in [6, 6.07) is 0. The molecule has 4 heteroatoms. The van der Waals surface area contributed by atoms with Crippen LogP contribution < -0.4 is 0 Å². The first-order valence-corrected chi connectivity index (χ1v) is 12.0. The van der Waals surface area contributed by atoms with E-state index < -0.39 is 0 Å². The summed E-state index contributed by atoms with van der Waals surface area (Å²) in [7, 11) is 0. The first kappa shape index (κ1) is 26.9. The van der Waals surface area contributed by atoms with Crippen molar-refractivity contribution in [2.24, 2.45) is 0 Å². The number of carbonyl (C=O) groups is 2. The Morgan fingerprint density at radius 2 is 1.21 bits per heavy atom. The summed E-state index contributed by atoms with van der Waals surface area (Å²) in [5.74, 6) is -0.0178. The van der Waals surface area contributed by atoms with Crippen molar-refractivity contribution in [2.75, 3.05) is 6.61 Å². The average Bonchev–Trinajstić information content (AvgIpc) is 2.69. The van der Waals surface area contributed by atoms with Crippen LogP contribution in [0, 0.1) is 0 Å². The van der Waals surface area contributed by atoms with Crippen LogP contribution in [0.1, 0.15) is 129 Å². The van der Waals surface area contributed by atoms with Crippen molar-refractivity contribution >= 4 is 12.4 Å². The summed E-state index contributed by atoms with van der Waals surface area (Å²) in [5.41, 5.74) is 0. The van der Waals surface area contributed by atoms with Crippen LogP contribution in [0.25, 0.3) is 0 Å². The van der Waals surface area contributed by atoms with E-state index in [4.69, 9.17) is 4.74 Å². The van der Waals surface area contributed by atoms with Crippen LogP contribution in [-0.2, 0) is 19.1 Å². The van der Waals surface area contributed by atoms with Crippen molar-refractivity contribution in [3.8, 4) is 0 Å². The van der Waals surface area contributed by atoms with Gasteiger partial charge in [-0.25, -0.2) is 0 Å². The van der Waals surface area contributed by atoms with E-state index in [2.05, 4.69) is 18.6 Å². The van der Waals surface area contributed by atoms with Crippen molar-refractivity contribution in [2.45, 2.75) is 136 Å². The van der Waals surface area contributed by atoms with Gasteiger partial charge in [-0.2, -0.15) is 0 Å². The van der Waals surface area contributed by atoms with Crippen LogP contribution in [-0.4, -0.2) is 25.2 Å². The largest absolute Gasteiger partial charge is 0.468 e. The van der Waals surface area contributed by atoms with E-state index >= 15 is 0 Å². The van der Waals surface area contributed by atoms with Gasteiger partial charge in [-0.3, -0.25) is 9.59 Å². The minimum Gasteiger partial charge on any atom is -0.468 e. The van der Waals surface area contributed by atoms with Crippen molar-refractivity contribution in [1.82, 2.24) is 0 Å². The van der Waals surface area contributed by atoms with E-state index in [9.17, 15) is 9.59 Å². The lowest BCUT2D eigenvalue weighted by Gasteiger charge is -2.18. The fraction of sp³-hybridized carbons (Fsp3) is 0.917. The van der Waals surface area contributed by atoms with Gasteiger partial charge in [0.15, 0.2) is 0 Å². The summed E-state index contributed by atoms with van der Waals surface area (Å²) in [6.45, 7) is 5.47. The highest BCUT2D eigenvalue weighted by Gasteiger charge is 2.14. The zero-order valence-electron chi connectivity index (χ0n) is 18.7. The summed E-state index contributed by atoms with van der Waals surface area (Å²) >= 11 is 0. The van der Waals surface area contributed by atoms with Crippen LogP contribution in [0.15, 0.2) is 0 Å². The Hall–Kier alpha value is -1.06. The summed E-state index contributed by atoms with van der Waals surface area (Å²) in [4.78, 5) is 22.3. The second kappa shape index (κ2) is 22.2. The Morgan fingerprint density at radius 1 is 0.714 bits per heavy atom. The zero-order chi connectivity index (χ0) is 20.7. The third-order valence-electron chi connectivity index (χ3n) is 5.27. The molecule has 28 heavy (non-hydrogen) atoms. The highest BCUT2D eigenvalue weighted by atomic mass is 16.5. The number of ether oxygens (including phenoxy) is 2. The van der Waals surface area contributed by atoms with Gasteiger partial charge in [0.2, 0.25) is 0 Å². The predicted molar refractivity (Wildman–Crippen MR) is 116 cm³/mol. The molecule has 0 saturated carbocycles. The molecule has 0 aliphatic carbocycles. The van der Waals surface area contributed by atoms with E-state index in [1.54, 1.807) is 0 Å². The number of hydrogen-bond acceptors (Lipinski definition) is 4. The minimum absolute atomic E-state index is 0.0178. The molecule has 0 aliphatic heterocycles. The Labute approximate surface area is 174 Å². The third kappa shape index (κ3) is 19.7. The molecule has 0 spiro atoms. The molecule has 0 aromatic carbocycles. The van der Waals surface area contributed by atoms with Crippen LogP contribution in [0.3, 0.4) is 0 Å². The molecule has 0 bridgehead atoms. The second-order valence-electron chi connectivity index (χ2n) is 8.00. The molecule has 0 amide bonds. The van der Waals surface area contributed by atoms with Crippen molar-refractivity contribution in [1.29, 1.82) is 0 Å². The maximum atomic E-state index is 12.2. The Bertz CT molecular complexity index is 343. The van der Waals surface area contributed by atoms with Gasteiger partial charge in [0.1, 0.15) is 6.10 Å². The predicted octanol–water partition coefficient (Wildman–Crippen LogP) is 7.13. The standard InChI is InChI=1S/C24H46O4/c1-3-5-7-9-11-15-19-23(18-14-8-6-4-2)28-24(26)20-16-12-10-13-17-21-27-22-25/h22-23H,3-21H2,1-2H3. The molecule has 1 unspecified atom stereocenters. The molecule has 166 valence electrons. The van der Waals surface area contributed by atoms with Crippen molar-refractivity contribution < 1.29 is 19.1 Å². The van der Waals surface area contributed by atoms with Crippen LogP contribution in [0.4, 0.5) is 0 Å². The van der Waals surface area contributed by atoms with E-state index in [1.807, 2.05) is 0 Å². The van der Waals surface area contributed by atoms with Crippen LogP contribution >= 0.6 is 0 Å². The Morgan fingerprint density at radius 3 is 1.82 bits per heavy atom. The number of unbranched alkanes of at least 4 members (excludes halogenated alkanes) is 12. The fourth-order valence-electron chi connectivity index (χ4n) is 3.49. The SMILES string of the molecule is CCCCCCCCC(CCCCCC)OC(=O)CCCCCCCOC=O. The molecule has 1 atom stereocenters. The monoisotopic (exact) mass is 398 g/mol. The number of rotatable bonds is 22. The lowest BCUT2D eigenvalue weighted by atomic mass is 10.0. The quantitative estimate of drug-likeness (QED) is 0.110. The summed E-state index contributed by atoms with van der Waals surface area (Å²) in [5, 5.41) is 0. The normalized spacial score (nSPS) is 11.9. The maximum Gasteiger partial charge on any atom is 0.306 e. The molecule has 0 heterocycles. The molecule has 0 aromatic heterocycles. The molecule has 0 aliphatic rings. The van der Waals surface area contributed by atoms with Crippen LogP contribution in [0.5, 0.6) is 0 Å². The van der Waals surface area contributed by atoms with Gasteiger partial charge in [0, 0.05) is 6.42 Å². The molecule has 0 saturated heterocycles. The smallest absolute Gasteiger partial charge is 0.306 e. The van der Waals surface area contributed by atoms with E-state index in [0.29, 0.717) is 19.5 Å². The topological polar surface area (TPSA) is 52.6 Å². The maximum absolute atomic E-state index is 12.2. The lowest BCUT2D eigenvalue weighted by Crippen LogP contribution is -2.18. The third-order valence-corrected chi connectivity index (χ3v) is 5.27. The number of esters is 1. The zero-order valence-corrected chi connectivity index (χ0v) is 18.7. The molecule has 4 nitrogen and oxygen atoms in total. The number of hydrogen-bond donors (Lipinski definition) is 0. The molecule has 0 N–H and O–H groups in total. The van der Waals surface area contributed by atoms with Gasteiger partial charge in [0.25, 0.3) is 6.47 Å². The van der Waals surface area contributed by atoms with E-state index in [0.717, 1.165) is 44.9 Å². The Kier molecular flexibility index (Phi) is 21.4. The van der Waals surface area contributed by atoms with Gasteiger partial charge in [-0.15, -0.1) is 0 Å². The van der Waals surface area contributed by atoms with Crippen molar-refractivity contribution in [3.63, 3.8) is 0 Å². The Balaban J connectivity index is 3.90. The van der Waals surface area contributed by atoms with Crippen molar-refractivity contribution in [3.05, 3.63) is 0 Å². The molecular weight excluding hydrogens is 352 g/mol. The van der Waals surface area contributed by atoms with E-state index in [-0.39, 0.29) is 12.1 Å². The molecular formula is C24H46O4. The molecule has 0 aromatic rings. The van der Waals surface area contributed by atoms with Gasteiger partial charge < -0.3 is 9.47 Å². The van der Waals surface area contributed by atoms with E-state index in [1.165, 1.54) is 64.2 Å². The molecule has 0 fully saturated rings. The first-order valence-electron chi connectivity index (χ1n) is 12.0.